The normalized spacial score (nSPS) is 10.1. The molecule has 1 aromatic heterocycles. The molecule has 94 valence electrons. The molecule has 18 heavy (non-hydrogen) atoms. The Morgan fingerprint density at radius 1 is 1.56 bits per heavy atom. The van der Waals surface area contributed by atoms with Crippen LogP contribution in [0.15, 0.2) is 33.6 Å². The van der Waals surface area contributed by atoms with E-state index >= 15 is 0 Å². The second-order valence-corrected chi connectivity index (χ2v) is 5.06. The van der Waals surface area contributed by atoms with E-state index in [1.165, 1.54) is 11.3 Å². The Hall–Kier alpha value is -1.40. The molecule has 2 rings (SSSR count). The van der Waals surface area contributed by atoms with Gasteiger partial charge in [0.15, 0.2) is 0 Å². The van der Waals surface area contributed by atoms with E-state index in [1.807, 2.05) is 18.2 Å². The highest BCUT2D eigenvalue weighted by Crippen LogP contribution is 2.28. The molecule has 1 heterocycles. The molecule has 0 aliphatic rings. The van der Waals surface area contributed by atoms with Crippen molar-refractivity contribution >= 4 is 33.2 Å². The number of benzene rings is 1. The number of methoxy groups -OCH3 is 1. The van der Waals surface area contributed by atoms with Crippen molar-refractivity contribution < 1.29 is 9.53 Å². The molecule has 0 aliphatic carbocycles. The van der Waals surface area contributed by atoms with Crippen molar-refractivity contribution in [1.82, 2.24) is 10.3 Å². The van der Waals surface area contributed by atoms with Gasteiger partial charge >= 0.3 is 0 Å². The van der Waals surface area contributed by atoms with Crippen LogP contribution in [-0.4, -0.2) is 18.0 Å². The molecule has 0 fully saturated rings. The van der Waals surface area contributed by atoms with Crippen molar-refractivity contribution in [2.45, 2.75) is 6.54 Å². The summed E-state index contributed by atoms with van der Waals surface area (Å²) >= 11 is 4.80. The number of nitrogens with zero attached hydrogens (tertiary/aromatic N) is 1. The predicted molar refractivity (Wildman–Crippen MR) is 74.0 cm³/mol. The molecule has 0 bridgehead atoms. The largest absolute Gasteiger partial charge is 0.495 e. The van der Waals surface area contributed by atoms with Crippen molar-refractivity contribution in [3.05, 3.63) is 44.8 Å². The smallest absolute Gasteiger partial charge is 0.271 e. The first kappa shape index (κ1) is 13.0. The SMILES string of the molecule is COc1c(Br)cccc1CNC(=O)c1cscn1. The van der Waals surface area contributed by atoms with Gasteiger partial charge in [0, 0.05) is 17.5 Å². The summed E-state index contributed by atoms with van der Waals surface area (Å²) in [5.41, 5.74) is 2.98. The maximum absolute atomic E-state index is 11.7. The fraction of sp³-hybridized carbons (Fsp3) is 0.167. The molecule has 1 aromatic carbocycles. The topological polar surface area (TPSA) is 51.2 Å². The minimum Gasteiger partial charge on any atom is -0.495 e. The third-order valence-electron chi connectivity index (χ3n) is 2.36. The third kappa shape index (κ3) is 2.88. The van der Waals surface area contributed by atoms with Crippen molar-refractivity contribution in [2.24, 2.45) is 0 Å². The summed E-state index contributed by atoms with van der Waals surface area (Å²) in [4.78, 5) is 15.7. The zero-order valence-electron chi connectivity index (χ0n) is 9.64. The Labute approximate surface area is 117 Å². The van der Waals surface area contributed by atoms with Gasteiger partial charge in [0.05, 0.1) is 17.1 Å². The first-order valence-corrected chi connectivity index (χ1v) is 6.93. The fourth-order valence-electron chi connectivity index (χ4n) is 1.51. The summed E-state index contributed by atoms with van der Waals surface area (Å²) < 4.78 is 6.15. The molecule has 0 radical (unpaired) electrons. The zero-order chi connectivity index (χ0) is 13.0. The Balaban J connectivity index is 2.07. The van der Waals surface area contributed by atoms with Gasteiger partial charge in [-0.25, -0.2) is 4.98 Å². The summed E-state index contributed by atoms with van der Waals surface area (Å²) in [7, 11) is 1.60. The first-order valence-electron chi connectivity index (χ1n) is 5.20. The molecule has 0 saturated heterocycles. The van der Waals surface area contributed by atoms with E-state index in [1.54, 1.807) is 18.0 Å². The highest BCUT2D eigenvalue weighted by molar-refractivity contribution is 9.10. The lowest BCUT2D eigenvalue weighted by molar-refractivity contribution is 0.0946. The summed E-state index contributed by atoms with van der Waals surface area (Å²) in [6.07, 6.45) is 0. The van der Waals surface area contributed by atoms with Crippen LogP contribution in [-0.2, 0) is 6.54 Å². The number of carbonyl (C=O) groups excluding carboxylic acids is 1. The first-order chi connectivity index (χ1) is 8.72. The lowest BCUT2D eigenvalue weighted by Gasteiger charge is -2.10. The van der Waals surface area contributed by atoms with E-state index in [0.29, 0.717) is 12.2 Å². The van der Waals surface area contributed by atoms with E-state index in [9.17, 15) is 4.79 Å². The molecule has 0 spiro atoms. The summed E-state index contributed by atoms with van der Waals surface area (Å²) in [5.74, 6) is 0.550. The van der Waals surface area contributed by atoms with Gasteiger partial charge in [0.1, 0.15) is 11.4 Å². The van der Waals surface area contributed by atoms with Crippen molar-refractivity contribution in [3.63, 3.8) is 0 Å². The van der Waals surface area contributed by atoms with Crippen LogP contribution in [0.1, 0.15) is 16.1 Å². The van der Waals surface area contributed by atoms with Crippen molar-refractivity contribution in [3.8, 4) is 5.75 Å². The molecule has 1 amide bonds. The number of nitrogens with one attached hydrogen (secondary N) is 1. The maximum atomic E-state index is 11.7. The van der Waals surface area contributed by atoms with Crippen LogP contribution in [0.4, 0.5) is 0 Å². The number of hydrogen-bond donors (Lipinski definition) is 1. The van der Waals surface area contributed by atoms with Crippen LogP contribution in [0.5, 0.6) is 5.75 Å². The predicted octanol–water partition coefficient (Wildman–Crippen LogP) is 2.84. The average molecular weight is 327 g/mol. The van der Waals surface area contributed by atoms with Crippen LogP contribution in [0.2, 0.25) is 0 Å². The number of amides is 1. The molecule has 6 heteroatoms. The second-order valence-electron chi connectivity index (χ2n) is 3.49. The van der Waals surface area contributed by atoms with Gasteiger partial charge < -0.3 is 10.1 Å². The summed E-state index contributed by atoms with van der Waals surface area (Å²) in [6, 6.07) is 5.70. The molecule has 0 atom stereocenters. The van der Waals surface area contributed by atoms with Gasteiger partial charge in [0.2, 0.25) is 0 Å². The Morgan fingerprint density at radius 3 is 3.06 bits per heavy atom. The number of ether oxygens (including phenoxy) is 1. The fourth-order valence-corrected chi connectivity index (χ4v) is 2.61. The molecular weight excluding hydrogens is 316 g/mol. The zero-order valence-corrected chi connectivity index (χ0v) is 12.0. The van der Waals surface area contributed by atoms with E-state index in [0.717, 1.165) is 15.8 Å². The van der Waals surface area contributed by atoms with Gasteiger partial charge in [0.25, 0.3) is 5.91 Å². The molecule has 0 unspecified atom stereocenters. The number of aromatic nitrogens is 1. The highest BCUT2D eigenvalue weighted by atomic mass is 79.9. The molecule has 0 saturated carbocycles. The number of thiazole rings is 1. The van der Waals surface area contributed by atoms with Crippen LogP contribution >= 0.6 is 27.3 Å². The monoisotopic (exact) mass is 326 g/mol. The summed E-state index contributed by atoms with van der Waals surface area (Å²) in [6.45, 7) is 0.402. The van der Waals surface area contributed by atoms with E-state index in [4.69, 9.17) is 4.74 Å². The Bertz CT molecular complexity index is 543. The quantitative estimate of drug-likeness (QED) is 0.939. The number of halogens is 1. The minimum atomic E-state index is -0.182. The van der Waals surface area contributed by atoms with Gasteiger partial charge in [-0.1, -0.05) is 12.1 Å². The van der Waals surface area contributed by atoms with Gasteiger partial charge in [-0.05, 0) is 22.0 Å². The van der Waals surface area contributed by atoms with E-state index in [2.05, 4.69) is 26.2 Å². The van der Waals surface area contributed by atoms with Crippen LogP contribution in [0.3, 0.4) is 0 Å². The van der Waals surface area contributed by atoms with Gasteiger partial charge in [-0.2, -0.15) is 0 Å². The lowest BCUT2D eigenvalue weighted by atomic mass is 10.2. The van der Waals surface area contributed by atoms with Crippen molar-refractivity contribution in [1.29, 1.82) is 0 Å². The number of carbonyl (C=O) groups is 1. The van der Waals surface area contributed by atoms with Crippen molar-refractivity contribution in [2.75, 3.05) is 7.11 Å². The van der Waals surface area contributed by atoms with Crippen LogP contribution in [0.25, 0.3) is 0 Å². The molecule has 0 aliphatic heterocycles. The molecular formula is C12H11BrN2O2S. The maximum Gasteiger partial charge on any atom is 0.271 e. The number of hydrogen-bond acceptors (Lipinski definition) is 4. The third-order valence-corrected chi connectivity index (χ3v) is 3.57. The number of para-hydroxylation sites is 1. The lowest BCUT2D eigenvalue weighted by Crippen LogP contribution is -2.23. The second kappa shape index (κ2) is 5.97. The molecule has 2 aromatic rings. The van der Waals surface area contributed by atoms with Crippen LogP contribution in [0, 0.1) is 0 Å². The van der Waals surface area contributed by atoms with Crippen LogP contribution < -0.4 is 10.1 Å². The standard InChI is InChI=1S/C12H11BrN2O2S/c1-17-11-8(3-2-4-9(11)13)5-14-12(16)10-6-18-7-15-10/h2-4,6-7H,5H2,1H3,(H,14,16). The average Bonchev–Trinajstić information content (AvgIpc) is 2.90. The number of rotatable bonds is 4. The summed E-state index contributed by atoms with van der Waals surface area (Å²) in [5, 5.41) is 4.52. The van der Waals surface area contributed by atoms with Gasteiger partial charge in [-0.3, -0.25) is 4.79 Å². The highest BCUT2D eigenvalue weighted by Gasteiger charge is 2.10. The minimum absolute atomic E-state index is 0.182. The Morgan fingerprint density at radius 2 is 2.39 bits per heavy atom. The van der Waals surface area contributed by atoms with E-state index < -0.39 is 0 Å². The Kier molecular flexibility index (Phi) is 4.33. The molecule has 1 N–H and O–H groups in total. The molecule has 4 nitrogen and oxygen atoms in total. The van der Waals surface area contributed by atoms with Gasteiger partial charge in [-0.15, -0.1) is 11.3 Å². The van der Waals surface area contributed by atoms with E-state index in [-0.39, 0.29) is 5.91 Å².